The van der Waals surface area contributed by atoms with E-state index in [1.807, 2.05) is 6.92 Å². The van der Waals surface area contributed by atoms with Gasteiger partial charge in [0, 0.05) is 19.1 Å². The van der Waals surface area contributed by atoms with Crippen molar-refractivity contribution in [2.75, 3.05) is 33.4 Å². The molecule has 94 valence electrons. The molecule has 0 aromatic rings. The summed E-state index contributed by atoms with van der Waals surface area (Å²) < 4.78 is 10.1. The second kappa shape index (κ2) is 6.18. The zero-order valence-corrected chi connectivity index (χ0v) is 10.2. The topological polar surface area (TPSA) is 59.0 Å². The predicted molar refractivity (Wildman–Crippen MR) is 59.0 cm³/mol. The van der Waals surface area contributed by atoms with Crippen molar-refractivity contribution in [2.24, 2.45) is 5.92 Å². The second-order valence-electron chi connectivity index (χ2n) is 4.37. The number of hydrogen-bond donors (Lipinski definition) is 1. The van der Waals surface area contributed by atoms with Gasteiger partial charge in [-0.15, -0.1) is 0 Å². The molecule has 5 nitrogen and oxygen atoms in total. The Labute approximate surface area is 96.3 Å². The first-order valence-corrected chi connectivity index (χ1v) is 5.62. The molecule has 1 rings (SSSR count). The van der Waals surface area contributed by atoms with Crippen LogP contribution in [0.5, 0.6) is 0 Å². The second-order valence-corrected chi connectivity index (χ2v) is 4.37. The summed E-state index contributed by atoms with van der Waals surface area (Å²) in [6, 6.07) is 0.273. The third kappa shape index (κ3) is 3.43. The average molecular weight is 231 g/mol. The van der Waals surface area contributed by atoms with Gasteiger partial charge in [-0.05, 0) is 6.92 Å². The first kappa shape index (κ1) is 13.4. The highest BCUT2D eigenvalue weighted by Crippen LogP contribution is 2.14. The van der Waals surface area contributed by atoms with Crippen molar-refractivity contribution in [2.45, 2.75) is 26.0 Å². The Morgan fingerprint density at radius 3 is 2.94 bits per heavy atom. The molecule has 5 heteroatoms. The first-order valence-electron chi connectivity index (χ1n) is 5.62. The molecule has 3 unspecified atom stereocenters. The molecule has 1 N–H and O–H groups in total. The quantitative estimate of drug-likeness (QED) is 0.683. The number of carbonyl (C=O) groups excluding carboxylic acids is 1. The molecule has 16 heavy (non-hydrogen) atoms. The van der Waals surface area contributed by atoms with Gasteiger partial charge in [-0.1, -0.05) is 6.92 Å². The zero-order valence-electron chi connectivity index (χ0n) is 10.2. The van der Waals surface area contributed by atoms with Crippen molar-refractivity contribution in [1.82, 2.24) is 4.90 Å². The van der Waals surface area contributed by atoms with Gasteiger partial charge in [-0.3, -0.25) is 9.69 Å². The summed E-state index contributed by atoms with van der Waals surface area (Å²) in [5.41, 5.74) is 0. The smallest absolute Gasteiger partial charge is 0.309 e. The lowest BCUT2D eigenvalue weighted by Gasteiger charge is -2.38. The third-order valence-corrected chi connectivity index (χ3v) is 2.95. The lowest BCUT2D eigenvalue weighted by atomic mass is 10.1. The van der Waals surface area contributed by atoms with Crippen molar-refractivity contribution in [1.29, 1.82) is 0 Å². The summed E-state index contributed by atoms with van der Waals surface area (Å²) >= 11 is 0. The van der Waals surface area contributed by atoms with Crippen molar-refractivity contribution in [3.8, 4) is 0 Å². The van der Waals surface area contributed by atoms with Gasteiger partial charge < -0.3 is 14.6 Å². The average Bonchev–Trinajstić information content (AvgIpc) is 2.30. The van der Waals surface area contributed by atoms with Crippen LogP contribution < -0.4 is 0 Å². The molecule has 0 aromatic carbocycles. The van der Waals surface area contributed by atoms with Crippen LogP contribution in [0.1, 0.15) is 13.8 Å². The van der Waals surface area contributed by atoms with Crippen molar-refractivity contribution in [3.63, 3.8) is 0 Å². The lowest BCUT2D eigenvalue weighted by molar-refractivity contribution is -0.147. The Balaban J connectivity index is 2.47. The number of aliphatic hydroxyl groups is 1. The Morgan fingerprint density at radius 1 is 1.69 bits per heavy atom. The maximum Gasteiger partial charge on any atom is 0.309 e. The third-order valence-electron chi connectivity index (χ3n) is 2.95. The number of rotatable bonds is 4. The summed E-state index contributed by atoms with van der Waals surface area (Å²) in [4.78, 5) is 13.5. The number of hydrogen-bond acceptors (Lipinski definition) is 5. The fraction of sp³-hybridized carbons (Fsp3) is 0.909. The SMILES string of the molecule is COC(=O)C(C)CN1CC(CO)OCC1C. The minimum atomic E-state index is -0.195. The summed E-state index contributed by atoms with van der Waals surface area (Å²) in [5.74, 6) is -0.343. The summed E-state index contributed by atoms with van der Waals surface area (Å²) in [6.07, 6.45) is -0.138. The minimum Gasteiger partial charge on any atom is -0.469 e. The number of nitrogens with zero attached hydrogens (tertiary/aromatic N) is 1. The molecule has 1 aliphatic heterocycles. The van der Waals surface area contributed by atoms with E-state index in [9.17, 15) is 4.79 Å². The van der Waals surface area contributed by atoms with Crippen LogP contribution in [0.4, 0.5) is 0 Å². The van der Waals surface area contributed by atoms with E-state index in [1.165, 1.54) is 7.11 Å². The number of methoxy groups -OCH3 is 1. The van der Waals surface area contributed by atoms with Gasteiger partial charge in [-0.25, -0.2) is 0 Å². The van der Waals surface area contributed by atoms with Gasteiger partial charge >= 0.3 is 5.97 Å². The van der Waals surface area contributed by atoms with Gasteiger partial charge in [0.15, 0.2) is 0 Å². The van der Waals surface area contributed by atoms with Crippen LogP contribution in [-0.2, 0) is 14.3 Å². The lowest BCUT2D eigenvalue weighted by Crippen LogP contribution is -2.51. The van der Waals surface area contributed by atoms with Crippen LogP contribution in [0.3, 0.4) is 0 Å². The molecule has 3 atom stereocenters. The molecule has 0 amide bonds. The highest BCUT2D eigenvalue weighted by atomic mass is 16.5. The van der Waals surface area contributed by atoms with Gasteiger partial charge in [0.25, 0.3) is 0 Å². The van der Waals surface area contributed by atoms with Crippen molar-refractivity contribution < 1.29 is 19.4 Å². The summed E-state index contributed by atoms with van der Waals surface area (Å²) in [7, 11) is 1.40. The zero-order chi connectivity index (χ0) is 12.1. The number of aliphatic hydroxyl groups excluding tert-OH is 1. The Kier molecular flexibility index (Phi) is 5.18. The molecule has 1 saturated heterocycles. The summed E-state index contributed by atoms with van der Waals surface area (Å²) in [5, 5.41) is 9.04. The fourth-order valence-electron chi connectivity index (χ4n) is 1.87. The summed E-state index contributed by atoms with van der Waals surface area (Å²) in [6.45, 7) is 5.83. The van der Waals surface area contributed by atoms with Crippen LogP contribution >= 0.6 is 0 Å². The van der Waals surface area contributed by atoms with E-state index in [1.54, 1.807) is 0 Å². The number of carbonyl (C=O) groups is 1. The largest absolute Gasteiger partial charge is 0.469 e. The van der Waals surface area contributed by atoms with E-state index in [2.05, 4.69) is 11.8 Å². The first-order chi connectivity index (χ1) is 7.58. The van der Waals surface area contributed by atoms with E-state index >= 15 is 0 Å². The fourth-order valence-corrected chi connectivity index (χ4v) is 1.87. The molecular weight excluding hydrogens is 210 g/mol. The maximum atomic E-state index is 11.3. The highest BCUT2D eigenvalue weighted by molar-refractivity contribution is 5.72. The van der Waals surface area contributed by atoms with E-state index in [-0.39, 0.29) is 30.6 Å². The number of ether oxygens (including phenoxy) is 2. The molecule has 1 heterocycles. The van der Waals surface area contributed by atoms with Gasteiger partial charge in [-0.2, -0.15) is 0 Å². The maximum absolute atomic E-state index is 11.3. The molecular formula is C11H21NO4. The molecule has 0 spiro atoms. The van der Waals surface area contributed by atoms with Crippen LogP contribution in [0.25, 0.3) is 0 Å². The monoisotopic (exact) mass is 231 g/mol. The highest BCUT2D eigenvalue weighted by Gasteiger charge is 2.28. The predicted octanol–water partition coefficient (Wildman–Crippen LogP) is -0.123. The molecule has 0 aromatic heterocycles. The molecule has 0 radical (unpaired) electrons. The Hall–Kier alpha value is -0.650. The molecule has 0 saturated carbocycles. The van der Waals surface area contributed by atoms with Gasteiger partial charge in [0.2, 0.25) is 0 Å². The van der Waals surface area contributed by atoms with Gasteiger partial charge in [0.1, 0.15) is 0 Å². The van der Waals surface area contributed by atoms with Crippen LogP contribution in [0.15, 0.2) is 0 Å². The van der Waals surface area contributed by atoms with Gasteiger partial charge in [0.05, 0.1) is 32.3 Å². The number of esters is 1. The van der Waals surface area contributed by atoms with E-state index in [0.29, 0.717) is 19.7 Å². The molecule has 1 fully saturated rings. The van der Waals surface area contributed by atoms with E-state index in [4.69, 9.17) is 14.6 Å². The van der Waals surface area contributed by atoms with E-state index < -0.39 is 0 Å². The number of morpholine rings is 1. The van der Waals surface area contributed by atoms with Crippen LogP contribution in [-0.4, -0.2) is 61.5 Å². The molecule has 0 bridgehead atoms. The van der Waals surface area contributed by atoms with E-state index in [0.717, 1.165) is 0 Å². The standard InChI is InChI=1S/C11H21NO4/c1-8(11(14)15-3)4-12-5-10(6-13)16-7-9(12)2/h8-10,13H,4-7H2,1-3H3. The van der Waals surface area contributed by atoms with Crippen LogP contribution in [0, 0.1) is 5.92 Å². The normalized spacial score (nSPS) is 28.8. The molecule has 0 aliphatic carbocycles. The Bertz CT molecular complexity index is 234. The minimum absolute atomic E-state index is 0.0236. The van der Waals surface area contributed by atoms with Crippen molar-refractivity contribution >= 4 is 5.97 Å². The van der Waals surface area contributed by atoms with Crippen molar-refractivity contribution in [3.05, 3.63) is 0 Å². The molecule has 1 aliphatic rings. The Morgan fingerprint density at radius 2 is 2.38 bits per heavy atom. The van der Waals surface area contributed by atoms with Crippen LogP contribution in [0.2, 0.25) is 0 Å².